The molecule has 0 heterocycles. The number of hydrogen-bond donors (Lipinski definition) is 4. The molecule has 0 amide bonds. The molecule has 2 rings (SSSR count). The van der Waals surface area contributed by atoms with E-state index in [-0.39, 0.29) is 39.0 Å². The van der Waals surface area contributed by atoms with Gasteiger partial charge in [-0.15, -0.1) is 10.2 Å². The lowest BCUT2D eigenvalue weighted by molar-refractivity contribution is -0.384. The van der Waals surface area contributed by atoms with Crippen LogP contribution in [0.1, 0.15) is 10.4 Å². The van der Waals surface area contributed by atoms with Crippen LogP contribution in [0.5, 0.6) is 5.75 Å². The molecule has 10 nitrogen and oxygen atoms in total. The number of carbonyl (C=O) groups is 1. The number of halogens is 1. The molecule has 0 aliphatic rings. The van der Waals surface area contributed by atoms with E-state index >= 15 is 0 Å². The van der Waals surface area contributed by atoms with Gasteiger partial charge in [0.15, 0.2) is 0 Å². The predicted octanol–water partition coefficient (Wildman–Crippen LogP) is 3.23. The van der Waals surface area contributed by atoms with E-state index in [4.69, 9.17) is 23.1 Å². The average Bonchev–Trinajstić information content (AvgIpc) is 2.52. The number of non-ortho nitro benzene ring substituents is 1. The van der Waals surface area contributed by atoms with Crippen LogP contribution in [0, 0.1) is 10.1 Å². The summed E-state index contributed by atoms with van der Waals surface area (Å²) in [6, 6.07) is 4.20. The first-order chi connectivity index (χ1) is 11.2. The number of anilines is 2. The molecule has 0 aromatic heterocycles. The fourth-order valence-electron chi connectivity index (χ4n) is 1.78. The maximum atomic E-state index is 11.3. The van der Waals surface area contributed by atoms with Gasteiger partial charge in [0.2, 0.25) is 0 Å². The minimum atomic E-state index is -1.35. The predicted molar refractivity (Wildman–Crippen MR) is 86.2 cm³/mol. The molecule has 0 saturated heterocycles. The third kappa shape index (κ3) is 3.17. The number of carboxylic acids is 1. The van der Waals surface area contributed by atoms with Gasteiger partial charge < -0.3 is 21.7 Å². The largest absolute Gasteiger partial charge is 0.505 e. The Morgan fingerprint density at radius 1 is 1.25 bits per heavy atom. The second kappa shape index (κ2) is 6.38. The summed E-state index contributed by atoms with van der Waals surface area (Å²) >= 11 is 5.86. The Kier molecular flexibility index (Phi) is 4.51. The van der Waals surface area contributed by atoms with E-state index < -0.39 is 16.6 Å². The van der Waals surface area contributed by atoms with Crippen LogP contribution in [-0.2, 0) is 0 Å². The molecule has 6 N–H and O–H groups in total. The lowest BCUT2D eigenvalue weighted by Crippen LogP contribution is -2.02. The van der Waals surface area contributed by atoms with Crippen LogP contribution in [-0.4, -0.2) is 21.1 Å². The summed E-state index contributed by atoms with van der Waals surface area (Å²) in [4.78, 5) is 21.2. The summed E-state index contributed by atoms with van der Waals surface area (Å²) in [5.74, 6) is -1.86. The van der Waals surface area contributed by atoms with E-state index in [9.17, 15) is 25.1 Å². The zero-order valence-electron chi connectivity index (χ0n) is 11.8. The highest BCUT2D eigenvalue weighted by molar-refractivity contribution is 6.36. The Hall–Kier alpha value is -3.40. The summed E-state index contributed by atoms with van der Waals surface area (Å²) in [5, 5.41) is 36.8. The van der Waals surface area contributed by atoms with Crippen molar-refractivity contribution in [3.8, 4) is 5.75 Å². The number of nitrogens with zero attached hydrogens (tertiary/aromatic N) is 3. The highest BCUT2D eigenvalue weighted by Gasteiger charge is 2.18. The van der Waals surface area contributed by atoms with Gasteiger partial charge in [0.05, 0.1) is 33.0 Å². The molecule has 124 valence electrons. The first-order valence-electron chi connectivity index (χ1n) is 6.22. The fraction of sp³-hybridized carbons (Fsp3) is 0. The summed E-state index contributed by atoms with van der Waals surface area (Å²) in [6.45, 7) is 0. The number of carboxylic acid groups (broad SMARTS) is 1. The van der Waals surface area contributed by atoms with Crippen molar-refractivity contribution in [1.29, 1.82) is 0 Å². The van der Waals surface area contributed by atoms with Gasteiger partial charge in [0.25, 0.3) is 5.69 Å². The number of nitrogen functional groups attached to an aromatic ring is 2. The van der Waals surface area contributed by atoms with E-state index in [2.05, 4.69) is 10.2 Å². The molecule has 2 aromatic carbocycles. The zero-order chi connectivity index (χ0) is 18.0. The van der Waals surface area contributed by atoms with Gasteiger partial charge >= 0.3 is 5.97 Å². The van der Waals surface area contributed by atoms with Crippen LogP contribution in [0.2, 0.25) is 5.02 Å². The number of aromatic carboxylic acids is 1. The third-order valence-corrected chi connectivity index (χ3v) is 3.38. The minimum absolute atomic E-state index is 0.0382. The van der Waals surface area contributed by atoms with E-state index in [1.54, 1.807) is 0 Å². The number of phenols is 1. The molecule has 11 heteroatoms. The Balaban J connectivity index is 2.51. The second-order valence-corrected chi connectivity index (χ2v) is 4.90. The number of rotatable bonds is 4. The maximum absolute atomic E-state index is 11.3. The highest BCUT2D eigenvalue weighted by atomic mass is 35.5. The molecule has 0 fully saturated rings. The van der Waals surface area contributed by atoms with Gasteiger partial charge in [-0.25, -0.2) is 4.79 Å². The van der Waals surface area contributed by atoms with Crippen LogP contribution in [0.25, 0.3) is 0 Å². The summed E-state index contributed by atoms with van der Waals surface area (Å²) < 4.78 is 0. The maximum Gasteiger partial charge on any atom is 0.338 e. The van der Waals surface area contributed by atoms with Gasteiger partial charge in [0, 0.05) is 6.07 Å². The van der Waals surface area contributed by atoms with Crippen molar-refractivity contribution < 1.29 is 19.9 Å². The number of hydrogen-bond acceptors (Lipinski definition) is 8. The Bertz CT molecular complexity index is 884. The first-order valence-corrected chi connectivity index (χ1v) is 6.60. The van der Waals surface area contributed by atoms with Crippen molar-refractivity contribution in [1.82, 2.24) is 0 Å². The fourth-order valence-corrected chi connectivity index (χ4v) is 1.92. The molecule has 0 aliphatic heterocycles. The molecule has 0 bridgehead atoms. The lowest BCUT2D eigenvalue weighted by atomic mass is 10.1. The Morgan fingerprint density at radius 3 is 2.46 bits per heavy atom. The molecule has 0 saturated carbocycles. The van der Waals surface area contributed by atoms with E-state index in [0.29, 0.717) is 0 Å². The molecular weight excluding hydrogens is 342 g/mol. The van der Waals surface area contributed by atoms with Crippen LogP contribution >= 0.6 is 11.6 Å². The Labute approximate surface area is 139 Å². The van der Waals surface area contributed by atoms with Gasteiger partial charge in [-0.3, -0.25) is 10.1 Å². The van der Waals surface area contributed by atoms with Crippen LogP contribution in [0.4, 0.5) is 28.4 Å². The molecule has 0 atom stereocenters. The third-order valence-electron chi connectivity index (χ3n) is 2.96. The second-order valence-electron chi connectivity index (χ2n) is 4.52. The van der Waals surface area contributed by atoms with E-state index in [1.807, 2.05) is 0 Å². The van der Waals surface area contributed by atoms with Crippen LogP contribution < -0.4 is 11.5 Å². The summed E-state index contributed by atoms with van der Waals surface area (Å²) in [6.07, 6.45) is 0. The number of nitro benzene ring substituents is 1. The number of phenolic OH excluding ortho intramolecular Hbond substituents is 1. The Morgan fingerprint density at radius 2 is 1.92 bits per heavy atom. The molecular formula is C13H10ClN5O5. The van der Waals surface area contributed by atoms with Crippen molar-refractivity contribution in [3.05, 3.63) is 45.0 Å². The SMILES string of the molecule is Nc1cc(C(=O)O)c(N=Nc2ccc([N+](=O)[O-])cc2O)c(N)c1Cl. The van der Waals surface area contributed by atoms with Crippen molar-refractivity contribution >= 4 is 46.0 Å². The standard InChI is InChI=1S/C13H10ClN5O5/c14-10-7(15)4-6(13(21)22)12(11(10)16)18-17-8-2-1-5(19(23)24)3-9(8)20/h1-4,20H,15-16H2,(H,21,22). The molecule has 24 heavy (non-hydrogen) atoms. The number of nitrogens with two attached hydrogens (primary N) is 2. The van der Waals surface area contributed by atoms with Gasteiger partial charge in [-0.1, -0.05) is 11.6 Å². The number of aromatic hydroxyl groups is 1. The number of nitro groups is 1. The molecule has 2 aromatic rings. The summed E-state index contributed by atoms with van der Waals surface area (Å²) in [7, 11) is 0. The van der Waals surface area contributed by atoms with Gasteiger partial charge in [0.1, 0.15) is 17.1 Å². The van der Waals surface area contributed by atoms with Crippen molar-refractivity contribution in [2.75, 3.05) is 11.5 Å². The molecule has 0 spiro atoms. The molecule has 0 aliphatic carbocycles. The quantitative estimate of drug-likeness (QED) is 0.282. The van der Waals surface area contributed by atoms with E-state index in [1.165, 1.54) is 0 Å². The van der Waals surface area contributed by atoms with Gasteiger partial charge in [-0.05, 0) is 12.1 Å². The van der Waals surface area contributed by atoms with Crippen LogP contribution in [0.3, 0.4) is 0 Å². The highest BCUT2D eigenvalue weighted by Crippen LogP contribution is 2.39. The smallest absolute Gasteiger partial charge is 0.338 e. The molecule has 0 radical (unpaired) electrons. The monoisotopic (exact) mass is 351 g/mol. The van der Waals surface area contributed by atoms with E-state index in [0.717, 1.165) is 24.3 Å². The lowest BCUT2D eigenvalue weighted by Gasteiger charge is -2.08. The average molecular weight is 352 g/mol. The zero-order valence-corrected chi connectivity index (χ0v) is 12.6. The van der Waals surface area contributed by atoms with Crippen molar-refractivity contribution in [2.45, 2.75) is 0 Å². The first kappa shape index (κ1) is 17.0. The van der Waals surface area contributed by atoms with Crippen LogP contribution in [0.15, 0.2) is 34.5 Å². The molecule has 0 unspecified atom stereocenters. The minimum Gasteiger partial charge on any atom is -0.505 e. The summed E-state index contributed by atoms with van der Waals surface area (Å²) in [5.41, 5.74) is 9.98. The van der Waals surface area contributed by atoms with Crippen molar-refractivity contribution in [2.24, 2.45) is 10.2 Å². The van der Waals surface area contributed by atoms with Crippen molar-refractivity contribution in [3.63, 3.8) is 0 Å². The number of azo groups is 1. The van der Waals surface area contributed by atoms with Gasteiger partial charge in [-0.2, -0.15) is 0 Å². The topological polar surface area (TPSA) is 177 Å². The number of benzene rings is 2. The normalized spacial score (nSPS) is 10.9.